The van der Waals surface area contributed by atoms with Crippen molar-refractivity contribution < 1.29 is 19.1 Å². The summed E-state index contributed by atoms with van der Waals surface area (Å²) in [6.45, 7) is 2.23. The van der Waals surface area contributed by atoms with Crippen molar-refractivity contribution in [3.05, 3.63) is 35.9 Å². The third-order valence-electron chi connectivity index (χ3n) is 4.65. The Kier molecular flexibility index (Phi) is 6.70. The molecule has 1 amide bonds. The first kappa shape index (κ1) is 19.1. The van der Waals surface area contributed by atoms with Crippen LogP contribution in [0.3, 0.4) is 0 Å². The van der Waals surface area contributed by atoms with Crippen LogP contribution in [0.1, 0.15) is 31.7 Å². The third kappa shape index (κ3) is 4.89. The number of ether oxygens (including phenoxy) is 1. The maximum Gasteiger partial charge on any atom is 0.328 e. The molecule has 2 N–H and O–H groups in total. The molecule has 1 fully saturated rings. The first-order valence-electron chi connectivity index (χ1n) is 8.64. The maximum absolute atomic E-state index is 12.6. The molecule has 1 aliphatic rings. The molecule has 1 heterocycles. The largest absolute Gasteiger partial charge is 0.467 e. The molecule has 0 bridgehead atoms. The minimum absolute atomic E-state index is 0.0806. The van der Waals surface area contributed by atoms with E-state index in [9.17, 15) is 14.4 Å². The highest BCUT2D eigenvalue weighted by atomic mass is 16.5. The number of ketones is 1. The zero-order valence-corrected chi connectivity index (χ0v) is 14.8. The summed E-state index contributed by atoms with van der Waals surface area (Å²) in [6.07, 6.45) is 1.90. The molecule has 0 aromatic heterocycles. The minimum Gasteiger partial charge on any atom is -0.467 e. The van der Waals surface area contributed by atoms with Gasteiger partial charge in [-0.2, -0.15) is 0 Å². The van der Waals surface area contributed by atoms with Crippen LogP contribution in [0.4, 0.5) is 0 Å². The number of Topliss-reactive ketones (excluding diaryl/α,β-unsaturated/α-hetero) is 1. The van der Waals surface area contributed by atoms with Gasteiger partial charge in [0.05, 0.1) is 13.2 Å². The standard InChI is InChI=1S/C19H26N2O4/c1-13(18(23)21-10-6-9-16(21)19(24)25-2)11-17(22)15(20)12-14-7-4-3-5-8-14/h3-5,7-8,13,15-16H,6,9-12,20H2,1-2H3/t13-,15+,16-/m0/s1. The fourth-order valence-electron chi connectivity index (χ4n) is 3.22. The van der Waals surface area contributed by atoms with Gasteiger partial charge in [0.15, 0.2) is 5.78 Å². The van der Waals surface area contributed by atoms with Crippen molar-refractivity contribution in [1.29, 1.82) is 0 Å². The molecule has 3 atom stereocenters. The number of benzene rings is 1. The third-order valence-corrected chi connectivity index (χ3v) is 4.65. The van der Waals surface area contributed by atoms with E-state index >= 15 is 0 Å². The molecule has 1 saturated heterocycles. The van der Waals surface area contributed by atoms with E-state index in [1.165, 1.54) is 12.0 Å². The van der Waals surface area contributed by atoms with Crippen LogP contribution in [0.25, 0.3) is 0 Å². The monoisotopic (exact) mass is 346 g/mol. The SMILES string of the molecule is COC(=O)[C@@H]1CCCN1C(=O)[C@@H](C)CC(=O)[C@H](N)Cc1ccccc1. The van der Waals surface area contributed by atoms with Crippen LogP contribution in [0.5, 0.6) is 0 Å². The summed E-state index contributed by atoms with van der Waals surface area (Å²) >= 11 is 0. The number of esters is 1. The van der Waals surface area contributed by atoms with Gasteiger partial charge in [0.1, 0.15) is 6.04 Å². The molecule has 1 aromatic rings. The number of hydrogen-bond donors (Lipinski definition) is 1. The second-order valence-corrected chi connectivity index (χ2v) is 6.58. The highest BCUT2D eigenvalue weighted by Gasteiger charge is 2.37. The molecule has 0 saturated carbocycles. The normalized spacial score (nSPS) is 19.3. The Balaban J connectivity index is 1.91. The summed E-state index contributed by atoms with van der Waals surface area (Å²) in [5.74, 6) is -1.23. The number of rotatable bonds is 7. The van der Waals surface area contributed by atoms with Crippen molar-refractivity contribution in [2.75, 3.05) is 13.7 Å². The number of carbonyl (C=O) groups excluding carboxylic acids is 3. The van der Waals surface area contributed by atoms with Crippen LogP contribution in [0, 0.1) is 5.92 Å². The van der Waals surface area contributed by atoms with Gasteiger partial charge in [-0.05, 0) is 24.8 Å². The van der Waals surface area contributed by atoms with Gasteiger partial charge in [0.2, 0.25) is 5.91 Å². The van der Waals surface area contributed by atoms with Crippen molar-refractivity contribution >= 4 is 17.7 Å². The Bertz CT molecular complexity index is 617. The predicted octanol–water partition coefficient (Wildman–Crippen LogP) is 1.32. The van der Waals surface area contributed by atoms with Crippen LogP contribution in [-0.2, 0) is 25.5 Å². The van der Waals surface area contributed by atoms with Crippen LogP contribution in [0.2, 0.25) is 0 Å². The number of carbonyl (C=O) groups is 3. The first-order valence-corrected chi connectivity index (χ1v) is 8.64. The van der Waals surface area contributed by atoms with Gasteiger partial charge in [-0.15, -0.1) is 0 Å². The lowest BCUT2D eigenvalue weighted by Crippen LogP contribution is -2.44. The number of nitrogens with zero attached hydrogens (tertiary/aromatic N) is 1. The van der Waals surface area contributed by atoms with Crippen molar-refractivity contribution in [2.24, 2.45) is 11.7 Å². The number of methoxy groups -OCH3 is 1. The zero-order chi connectivity index (χ0) is 18.4. The molecule has 0 unspecified atom stereocenters. The molecule has 1 aliphatic heterocycles. The lowest BCUT2D eigenvalue weighted by atomic mass is 9.95. The van der Waals surface area contributed by atoms with Gasteiger partial charge < -0.3 is 15.4 Å². The molecule has 6 heteroatoms. The molecule has 1 aromatic carbocycles. The van der Waals surface area contributed by atoms with Gasteiger partial charge in [0.25, 0.3) is 0 Å². The molecule has 25 heavy (non-hydrogen) atoms. The minimum atomic E-state index is -0.632. The Morgan fingerprint density at radius 2 is 1.96 bits per heavy atom. The summed E-state index contributed by atoms with van der Waals surface area (Å²) < 4.78 is 4.76. The quantitative estimate of drug-likeness (QED) is 0.752. The van der Waals surface area contributed by atoms with Crippen LogP contribution in [0.15, 0.2) is 30.3 Å². The topological polar surface area (TPSA) is 89.7 Å². The summed E-state index contributed by atoms with van der Waals surface area (Å²) in [5, 5.41) is 0. The van der Waals surface area contributed by atoms with Crippen LogP contribution >= 0.6 is 0 Å². The molecule has 6 nitrogen and oxygen atoms in total. The zero-order valence-electron chi connectivity index (χ0n) is 14.8. The summed E-state index contributed by atoms with van der Waals surface area (Å²) in [5.41, 5.74) is 6.99. The summed E-state index contributed by atoms with van der Waals surface area (Å²) in [6, 6.07) is 8.39. The van der Waals surface area contributed by atoms with Crippen molar-refractivity contribution in [1.82, 2.24) is 4.90 Å². The van der Waals surface area contributed by atoms with Crippen LogP contribution < -0.4 is 5.73 Å². The van der Waals surface area contributed by atoms with E-state index in [1.807, 2.05) is 30.3 Å². The highest BCUT2D eigenvalue weighted by molar-refractivity contribution is 5.91. The first-order chi connectivity index (χ1) is 11.9. The van der Waals surface area contributed by atoms with Gasteiger partial charge in [-0.1, -0.05) is 37.3 Å². The summed E-state index contributed by atoms with van der Waals surface area (Å²) in [7, 11) is 1.32. The molecule has 2 rings (SSSR count). The highest BCUT2D eigenvalue weighted by Crippen LogP contribution is 2.22. The van der Waals surface area contributed by atoms with Gasteiger partial charge in [-0.25, -0.2) is 4.79 Å². The predicted molar refractivity (Wildman–Crippen MR) is 93.7 cm³/mol. The molecule has 136 valence electrons. The Morgan fingerprint density at radius 1 is 1.28 bits per heavy atom. The van der Waals surface area contributed by atoms with Gasteiger partial charge >= 0.3 is 5.97 Å². The van der Waals surface area contributed by atoms with E-state index in [4.69, 9.17) is 10.5 Å². The lowest BCUT2D eigenvalue weighted by Gasteiger charge is -2.26. The van der Waals surface area contributed by atoms with Gasteiger partial charge in [-0.3, -0.25) is 9.59 Å². The number of likely N-dealkylation sites (tertiary alicyclic amines) is 1. The lowest BCUT2D eigenvalue weighted by molar-refractivity contribution is -0.152. The van der Waals surface area contributed by atoms with Gasteiger partial charge in [0, 0.05) is 18.9 Å². The maximum atomic E-state index is 12.6. The van der Waals surface area contributed by atoms with Crippen molar-refractivity contribution in [3.63, 3.8) is 0 Å². The number of amides is 1. The van der Waals surface area contributed by atoms with E-state index in [0.29, 0.717) is 19.4 Å². The second kappa shape index (κ2) is 8.76. The fraction of sp³-hybridized carbons (Fsp3) is 0.526. The molecule has 0 aliphatic carbocycles. The molecular weight excluding hydrogens is 320 g/mol. The number of nitrogens with two attached hydrogens (primary N) is 1. The molecule has 0 radical (unpaired) electrons. The second-order valence-electron chi connectivity index (χ2n) is 6.58. The Hall–Kier alpha value is -2.21. The average molecular weight is 346 g/mol. The smallest absolute Gasteiger partial charge is 0.328 e. The van der Waals surface area contributed by atoms with E-state index in [2.05, 4.69) is 0 Å². The molecule has 0 spiro atoms. The van der Waals surface area contributed by atoms with E-state index in [-0.39, 0.29) is 18.1 Å². The van der Waals surface area contributed by atoms with E-state index in [1.54, 1.807) is 6.92 Å². The van der Waals surface area contributed by atoms with E-state index < -0.39 is 24.0 Å². The summed E-state index contributed by atoms with van der Waals surface area (Å²) in [4.78, 5) is 38.3. The Morgan fingerprint density at radius 3 is 2.60 bits per heavy atom. The fourth-order valence-corrected chi connectivity index (χ4v) is 3.22. The number of hydrogen-bond acceptors (Lipinski definition) is 5. The van der Waals surface area contributed by atoms with Crippen LogP contribution in [-0.4, -0.2) is 48.3 Å². The molecular formula is C19H26N2O4. The average Bonchev–Trinajstić information content (AvgIpc) is 3.10. The Labute approximate surface area is 148 Å². The van der Waals surface area contributed by atoms with Crippen molar-refractivity contribution in [2.45, 2.75) is 44.7 Å². The van der Waals surface area contributed by atoms with E-state index in [0.717, 1.165) is 12.0 Å². The van der Waals surface area contributed by atoms with Crippen molar-refractivity contribution in [3.8, 4) is 0 Å².